The van der Waals surface area contributed by atoms with Crippen molar-refractivity contribution in [3.8, 4) is 0 Å². The molecule has 2 aromatic heterocycles. The predicted molar refractivity (Wildman–Crippen MR) is 92.0 cm³/mol. The quantitative estimate of drug-likeness (QED) is 0.438. The topological polar surface area (TPSA) is 58.9 Å². The van der Waals surface area contributed by atoms with Crippen LogP contribution in [-0.4, -0.2) is 21.0 Å². The lowest BCUT2D eigenvalue weighted by molar-refractivity contribution is 0.0995. The molecular weight excluding hydrogens is 308 g/mol. The van der Waals surface area contributed by atoms with Gasteiger partial charge in [0.25, 0.3) is 5.22 Å². The summed E-state index contributed by atoms with van der Waals surface area (Å²) in [5.41, 5.74) is 3.22. The summed E-state index contributed by atoms with van der Waals surface area (Å²) in [6.07, 6.45) is 1.77. The van der Waals surface area contributed by atoms with Gasteiger partial charge in [0.15, 0.2) is 11.4 Å². The van der Waals surface area contributed by atoms with Gasteiger partial charge >= 0.3 is 0 Å². The van der Waals surface area contributed by atoms with E-state index in [4.69, 9.17) is 4.42 Å². The van der Waals surface area contributed by atoms with E-state index in [2.05, 4.69) is 9.97 Å². The summed E-state index contributed by atoms with van der Waals surface area (Å²) >= 11 is 1.34. The number of hydrogen-bond donors (Lipinski definition) is 1. The molecular formula is C18H14N2O2S. The Morgan fingerprint density at radius 1 is 1.17 bits per heavy atom. The number of nitrogens with zero attached hydrogens (tertiary/aromatic N) is 1. The van der Waals surface area contributed by atoms with Crippen LogP contribution in [0, 0.1) is 0 Å². The number of fused-ring (bicyclic) bond motifs is 2. The van der Waals surface area contributed by atoms with Gasteiger partial charge in [-0.25, -0.2) is 4.98 Å². The fourth-order valence-corrected chi connectivity index (χ4v) is 3.43. The van der Waals surface area contributed by atoms with Gasteiger partial charge in [-0.05, 0) is 25.1 Å². The van der Waals surface area contributed by atoms with Crippen molar-refractivity contribution in [2.75, 3.05) is 0 Å². The molecule has 5 heteroatoms. The summed E-state index contributed by atoms with van der Waals surface area (Å²) in [7, 11) is 0. The molecule has 114 valence electrons. The minimum Gasteiger partial charge on any atom is -0.431 e. The van der Waals surface area contributed by atoms with E-state index in [1.165, 1.54) is 11.8 Å². The van der Waals surface area contributed by atoms with Crippen LogP contribution >= 0.6 is 11.8 Å². The average molecular weight is 322 g/mol. The first-order chi connectivity index (χ1) is 11.2. The van der Waals surface area contributed by atoms with Gasteiger partial charge in [0.1, 0.15) is 5.52 Å². The molecule has 0 spiro atoms. The summed E-state index contributed by atoms with van der Waals surface area (Å²) in [6, 6.07) is 15.4. The van der Waals surface area contributed by atoms with Crippen LogP contribution in [0.25, 0.3) is 22.0 Å². The molecule has 1 atom stereocenters. The highest BCUT2D eigenvalue weighted by Gasteiger charge is 2.21. The van der Waals surface area contributed by atoms with Crippen molar-refractivity contribution in [1.29, 1.82) is 0 Å². The zero-order valence-corrected chi connectivity index (χ0v) is 13.3. The molecule has 0 bridgehead atoms. The molecule has 0 aliphatic heterocycles. The van der Waals surface area contributed by atoms with Crippen LogP contribution in [0.15, 0.2) is 64.4 Å². The first kappa shape index (κ1) is 14.1. The van der Waals surface area contributed by atoms with Gasteiger partial charge in [0.2, 0.25) is 0 Å². The van der Waals surface area contributed by atoms with Gasteiger partial charge in [-0.15, -0.1) is 0 Å². The van der Waals surface area contributed by atoms with Gasteiger partial charge in [0, 0.05) is 22.7 Å². The third-order valence-corrected chi connectivity index (χ3v) is 4.72. The standard InChI is InChI=1S/C18H14N2O2S/c1-11(23-18-20-15-8-4-5-9-16(15)22-18)17(21)13-10-19-14-7-3-2-6-12(13)14/h2-11,19H,1H3/t11-/m0/s1. The number of aromatic amines is 1. The number of carbonyl (C=O) groups excluding carboxylic acids is 1. The lowest BCUT2D eigenvalue weighted by atomic mass is 10.1. The maximum absolute atomic E-state index is 12.7. The van der Waals surface area contributed by atoms with Crippen LogP contribution in [0.1, 0.15) is 17.3 Å². The Bertz CT molecular complexity index is 969. The normalized spacial score (nSPS) is 12.7. The monoisotopic (exact) mass is 322 g/mol. The number of para-hydroxylation sites is 3. The van der Waals surface area contributed by atoms with Crippen molar-refractivity contribution >= 4 is 39.5 Å². The lowest BCUT2D eigenvalue weighted by Gasteiger charge is -2.06. The first-order valence-corrected chi connectivity index (χ1v) is 8.23. The number of ketones is 1. The number of oxazole rings is 1. The molecule has 4 nitrogen and oxygen atoms in total. The Morgan fingerprint density at radius 2 is 1.96 bits per heavy atom. The van der Waals surface area contributed by atoms with E-state index in [1.807, 2.05) is 55.5 Å². The first-order valence-electron chi connectivity index (χ1n) is 7.35. The molecule has 0 aliphatic carbocycles. The third-order valence-electron chi connectivity index (χ3n) is 3.78. The smallest absolute Gasteiger partial charge is 0.257 e. The molecule has 0 radical (unpaired) electrons. The molecule has 0 saturated heterocycles. The van der Waals surface area contributed by atoms with E-state index >= 15 is 0 Å². The molecule has 1 N–H and O–H groups in total. The van der Waals surface area contributed by atoms with Crippen molar-refractivity contribution in [1.82, 2.24) is 9.97 Å². The number of carbonyl (C=O) groups is 1. The number of nitrogens with one attached hydrogen (secondary N) is 1. The summed E-state index contributed by atoms with van der Waals surface area (Å²) in [6.45, 7) is 1.88. The fourth-order valence-electron chi connectivity index (χ4n) is 2.60. The minimum absolute atomic E-state index is 0.0645. The second-order valence-corrected chi connectivity index (χ2v) is 6.61. The summed E-state index contributed by atoms with van der Waals surface area (Å²) in [4.78, 5) is 20.3. The Morgan fingerprint density at radius 3 is 2.83 bits per heavy atom. The third kappa shape index (κ3) is 2.53. The van der Waals surface area contributed by atoms with Crippen LogP contribution in [0.3, 0.4) is 0 Å². The Kier molecular flexibility index (Phi) is 3.42. The Labute approximate surface area is 136 Å². The van der Waals surface area contributed by atoms with Gasteiger partial charge in [-0.3, -0.25) is 4.79 Å². The van der Waals surface area contributed by atoms with Crippen LogP contribution in [0.5, 0.6) is 0 Å². The predicted octanol–water partition coefficient (Wildman–Crippen LogP) is 4.67. The van der Waals surface area contributed by atoms with Crippen molar-refractivity contribution < 1.29 is 9.21 Å². The van der Waals surface area contributed by atoms with Crippen molar-refractivity contribution in [2.24, 2.45) is 0 Å². The number of thioether (sulfide) groups is 1. The number of hydrogen-bond acceptors (Lipinski definition) is 4. The largest absolute Gasteiger partial charge is 0.431 e. The molecule has 0 unspecified atom stereocenters. The van der Waals surface area contributed by atoms with E-state index < -0.39 is 0 Å². The van der Waals surface area contributed by atoms with Crippen LogP contribution in [0.2, 0.25) is 0 Å². The fraction of sp³-hybridized carbons (Fsp3) is 0.111. The van der Waals surface area contributed by atoms with Crippen LogP contribution in [0.4, 0.5) is 0 Å². The van der Waals surface area contributed by atoms with E-state index in [1.54, 1.807) is 6.20 Å². The molecule has 0 fully saturated rings. The minimum atomic E-state index is -0.276. The molecule has 0 amide bonds. The van der Waals surface area contributed by atoms with Crippen molar-refractivity contribution in [3.05, 3.63) is 60.3 Å². The SMILES string of the molecule is C[C@H](Sc1nc2ccccc2o1)C(=O)c1c[nH]c2ccccc12. The second kappa shape index (κ2) is 5.59. The zero-order valence-electron chi connectivity index (χ0n) is 12.4. The second-order valence-electron chi connectivity index (χ2n) is 5.32. The molecule has 2 heterocycles. The maximum Gasteiger partial charge on any atom is 0.257 e. The Hall–Kier alpha value is -2.53. The van der Waals surface area contributed by atoms with E-state index in [0.29, 0.717) is 10.8 Å². The molecule has 2 aromatic carbocycles. The number of rotatable bonds is 4. The van der Waals surface area contributed by atoms with Crippen LogP contribution in [-0.2, 0) is 0 Å². The molecule has 23 heavy (non-hydrogen) atoms. The number of benzene rings is 2. The highest BCUT2D eigenvalue weighted by atomic mass is 32.2. The van der Waals surface area contributed by atoms with E-state index in [9.17, 15) is 4.79 Å². The van der Waals surface area contributed by atoms with Gasteiger partial charge in [-0.1, -0.05) is 42.1 Å². The lowest BCUT2D eigenvalue weighted by Crippen LogP contribution is -2.12. The Balaban J connectivity index is 1.60. The maximum atomic E-state index is 12.7. The molecule has 0 aliphatic rings. The van der Waals surface area contributed by atoms with Crippen LogP contribution < -0.4 is 0 Å². The summed E-state index contributed by atoms with van der Waals surface area (Å²) in [5, 5.41) is 1.19. The number of Topliss-reactive ketones (excluding diaryl/α,β-unsaturated/α-hetero) is 1. The van der Waals surface area contributed by atoms with Crippen molar-refractivity contribution in [2.45, 2.75) is 17.4 Å². The molecule has 4 aromatic rings. The number of aromatic nitrogens is 2. The summed E-state index contributed by atoms with van der Waals surface area (Å²) in [5.74, 6) is 0.0645. The van der Waals surface area contributed by atoms with E-state index in [0.717, 1.165) is 22.0 Å². The summed E-state index contributed by atoms with van der Waals surface area (Å²) < 4.78 is 5.69. The average Bonchev–Trinajstić information content (AvgIpc) is 3.17. The molecule has 4 rings (SSSR count). The van der Waals surface area contributed by atoms with Gasteiger partial charge in [-0.2, -0.15) is 0 Å². The van der Waals surface area contributed by atoms with Gasteiger partial charge in [0.05, 0.1) is 5.25 Å². The van der Waals surface area contributed by atoms with Crippen molar-refractivity contribution in [3.63, 3.8) is 0 Å². The van der Waals surface area contributed by atoms with E-state index in [-0.39, 0.29) is 11.0 Å². The zero-order chi connectivity index (χ0) is 15.8. The highest BCUT2D eigenvalue weighted by molar-refractivity contribution is 8.00. The highest BCUT2D eigenvalue weighted by Crippen LogP contribution is 2.29. The molecule has 0 saturated carbocycles. The van der Waals surface area contributed by atoms with Gasteiger partial charge < -0.3 is 9.40 Å². The number of H-pyrrole nitrogens is 1.